The maximum atomic E-state index is 10.3. The molecule has 0 amide bonds. The molecule has 0 atom stereocenters. The highest BCUT2D eigenvalue weighted by Crippen LogP contribution is 2.18. The van der Waals surface area contributed by atoms with Gasteiger partial charge in [-0.15, -0.1) is 17.0 Å². The molecule has 3 nitrogen and oxygen atoms in total. The van der Waals surface area contributed by atoms with Crippen LogP contribution in [-0.2, 0) is 0 Å². The van der Waals surface area contributed by atoms with Crippen LogP contribution in [0.5, 0.6) is 5.75 Å². The summed E-state index contributed by atoms with van der Waals surface area (Å²) in [7, 11) is 1.75. The van der Waals surface area contributed by atoms with Crippen molar-refractivity contribution < 1.29 is 9.90 Å². The Morgan fingerprint density at radius 2 is 2.17 bits per heavy atom. The molecule has 0 aliphatic carbocycles. The molecular weight excluding hydrogens is 222 g/mol. The van der Waals surface area contributed by atoms with E-state index in [0.29, 0.717) is 11.8 Å². The topological polar surface area (TPSA) is 49.3 Å². The van der Waals surface area contributed by atoms with Crippen LogP contribution < -0.4 is 5.32 Å². The molecule has 0 aliphatic heterocycles. The lowest BCUT2D eigenvalue weighted by molar-refractivity contribution is 0.112. The Balaban J connectivity index is 0.00000121. The Bertz CT molecular complexity index is 276. The van der Waals surface area contributed by atoms with Crippen LogP contribution in [0.1, 0.15) is 10.4 Å². The number of benzene rings is 1. The van der Waals surface area contributed by atoms with Gasteiger partial charge in [0.15, 0.2) is 6.29 Å². The van der Waals surface area contributed by atoms with E-state index in [4.69, 9.17) is 5.11 Å². The van der Waals surface area contributed by atoms with Crippen molar-refractivity contribution in [3.8, 4) is 5.75 Å². The highest BCUT2D eigenvalue weighted by molar-refractivity contribution is 8.93. The van der Waals surface area contributed by atoms with Crippen molar-refractivity contribution >= 4 is 29.0 Å². The van der Waals surface area contributed by atoms with Crippen LogP contribution in [0.4, 0.5) is 5.69 Å². The van der Waals surface area contributed by atoms with E-state index in [-0.39, 0.29) is 22.7 Å². The summed E-state index contributed by atoms with van der Waals surface area (Å²) in [6.07, 6.45) is 0.621. The monoisotopic (exact) mass is 231 g/mol. The van der Waals surface area contributed by atoms with Crippen LogP contribution in [-0.4, -0.2) is 18.4 Å². The van der Waals surface area contributed by atoms with Gasteiger partial charge >= 0.3 is 0 Å². The molecule has 0 spiro atoms. The Kier molecular flexibility index (Phi) is 4.36. The van der Waals surface area contributed by atoms with Crippen molar-refractivity contribution in [2.45, 2.75) is 0 Å². The molecule has 12 heavy (non-hydrogen) atoms. The number of hydrogen-bond acceptors (Lipinski definition) is 3. The molecule has 0 bridgehead atoms. The third-order valence-corrected chi connectivity index (χ3v) is 1.44. The Morgan fingerprint density at radius 1 is 1.50 bits per heavy atom. The number of phenols is 1. The molecule has 0 radical (unpaired) electrons. The zero-order chi connectivity index (χ0) is 8.27. The molecule has 0 heterocycles. The molecule has 4 heteroatoms. The minimum Gasteiger partial charge on any atom is -0.507 e. The summed E-state index contributed by atoms with van der Waals surface area (Å²) in [5.74, 6) is 0.0130. The number of aromatic hydroxyl groups is 1. The molecule has 0 fully saturated rings. The van der Waals surface area contributed by atoms with E-state index >= 15 is 0 Å². The summed E-state index contributed by atoms with van der Waals surface area (Å²) in [6.45, 7) is 0. The smallest absolute Gasteiger partial charge is 0.153 e. The summed E-state index contributed by atoms with van der Waals surface area (Å²) in [5.41, 5.74) is 1.11. The summed E-state index contributed by atoms with van der Waals surface area (Å²) in [4.78, 5) is 10.3. The largest absolute Gasteiger partial charge is 0.507 e. The molecule has 1 rings (SSSR count). The minimum absolute atomic E-state index is 0. The van der Waals surface area contributed by atoms with Gasteiger partial charge in [-0.25, -0.2) is 0 Å². The SMILES string of the molecule is Br.CNc1ccc(O)c(C=O)c1. The van der Waals surface area contributed by atoms with Crippen molar-refractivity contribution in [1.29, 1.82) is 0 Å². The standard InChI is InChI=1S/C8H9NO2.BrH/c1-9-7-2-3-8(11)6(4-7)5-10;/h2-5,9,11H,1H3;1H. The summed E-state index contributed by atoms with van der Waals surface area (Å²) in [5, 5.41) is 11.9. The first-order valence-corrected chi connectivity index (χ1v) is 3.24. The second-order valence-electron chi connectivity index (χ2n) is 2.14. The van der Waals surface area contributed by atoms with Crippen LogP contribution >= 0.6 is 17.0 Å². The zero-order valence-electron chi connectivity index (χ0n) is 6.57. The van der Waals surface area contributed by atoms with Crippen molar-refractivity contribution in [1.82, 2.24) is 0 Å². The average molecular weight is 232 g/mol. The van der Waals surface area contributed by atoms with Gasteiger partial charge in [-0.2, -0.15) is 0 Å². The minimum atomic E-state index is 0. The summed E-state index contributed by atoms with van der Waals surface area (Å²) < 4.78 is 0. The van der Waals surface area contributed by atoms with E-state index in [1.807, 2.05) is 0 Å². The molecule has 0 aromatic heterocycles. The second-order valence-corrected chi connectivity index (χ2v) is 2.14. The normalized spacial score (nSPS) is 8.42. The van der Waals surface area contributed by atoms with E-state index in [2.05, 4.69) is 5.32 Å². The fourth-order valence-electron chi connectivity index (χ4n) is 0.804. The van der Waals surface area contributed by atoms with Crippen LogP contribution in [0.25, 0.3) is 0 Å². The Labute approximate surface area is 81.2 Å². The van der Waals surface area contributed by atoms with E-state index < -0.39 is 0 Å². The van der Waals surface area contributed by atoms with Gasteiger partial charge < -0.3 is 10.4 Å². The summed E-state index contributed by atoms with van der Waals surface area (Å²) >= 11 is 0. The average Bonchev–Trinajstić information content (AvgIpc) is 2.05. The first kappa shape index (κ1) is 11.0. The first-order chi connectivity index (χ1) is 5.27. The highest BCUT2D eigenvalue weighted by atomic mass is 79.9. The number of nitrogens with one attached hydrogen (secondary N) is 1. The van der Waals surface area contributed by atoms with Gasteiger partial charge in [-0.3, -0.25) is 4.79 Å². The number of carbonyl (C=O) groups is 1. The molecule has 0 aliphatic rings. The molecule has 1 aromatic carbocycles. The van der Waals surface area contributed by atoms with E-state index in [0.717, 1.165) is 5.69 Å². The van der Waals surface area contributed by atoms with Crippen LogP contribution in [0, 0.1) is 0 Å². The van der Waals surface area contributed by atoms with Crippen LogP contribution in [0.15, 0.2) is 18.2 Å². The van der Waals surface area contributed by atoms with Gasteiger partial charge in [0.05, 0.1) is 5.56 Å². The fourth-order valence-corrected chi connectivity index (χ4v) is 0.804. The molecular formula is C8H10BrNO2. The quantitative estimate of drug-likeness (QED) is 0.604. The van der Waals surface area contributed by atoms with Gasteiger partial charge in [0, 0.05) is 12.7 Å². The van der Waals surface area contributed by atoms with Gasteiger partial charge in [0.25, 0.3) is 0 Å². The highest BCUT2D eigenvalue weighted by Gasteiger charge is 1.98. The van der Waals surface area contributed by atoms with Crippen LogP contribution in [0.3, 0.4) is 0 Å². The van der Waals surface area contributed by atoms with Gasteiger partial charge in [0.2, 0.25) is 0 Å². The van der Waals surface area contributed by atoms with E-state index in [1.165, 1.54) is 6.07 Å². The third kappa shape index (κ3) is 2.23. The van der Waals surface area contributed by atoms with Gasteiger partial charge in [-0.1, -0.05) is 0 Å². The molecule has 0 saturated carbocycles. The first-order valence-electron chi connectivity index (χ1n) is 3.24. The third-order valence-electron chi connectivity index (χ3n) is 1.44. The second kappa shape index (κ2) is 4.77. The lowest BCUT2D eigenvalue weighted by Crippen LogP contribution is -1.89. The number of hydrogen-bond donors (Lipinski definition) is 2. The fraction of sp³-hybridized carbons (Fsp3) is 0.125. The van der Waals surface area contributed by atoms with E-state index in [9.17, 15) is 4.79 Å². The molecule has 2 N–H and O–H groups in total. The van der Waals surface area contributed by atoms with E-state index in [1.54, 1.807) is 19.2 Å². The number of anilines is 1. The maximum absolute atomic E-state index is 10.3. The van der Waals surface area contributed by atoms with Crippen LogP contribution in [0.2, 0.25) is 0 Å². The van der Waals surface area contributed by atoms with Gasteiger partial charge in [-0.05, 0) is 18.2 Å². The van der Waals surface area contributed by atoms with Crippen molar-refractivity contribution in [3.05, 3.63) is 23.8 Å². The molecule has 0 unspecified atom stereocenters. The van der Waals surface area contributed by atoms with Gasteiger partial charge in [0.1, 0.15) is 5.75 Å². The molecule has 1 aromatic rings. The predicted molar refractivity (Wildman–Crippen MR) is 53.4 cm³/mol. The predicted octanol–water partition coefficient (Wildman–Crippen LogP) is 1.82. The lowest BCUT2D eigenvalue weighted by Gasteiger charge is -2.01. The Morgan fingerprint density at radius 3 is 2.67 bits per heavy atom. The number of halogens is 1. The number of aldehydes is 1. The Hall–Kier alpha value is -1.03. The molecule has 0 saturated heterocycles. The number of phenolic OH excluding ortho intramolecular Hbond substituents is 1. The maximum Gasteiger partial charge on any atom is 0.153 e. The number of carbonyl (C=O) groups excluding carboxylic acids is 1. The lowest BCUT2D eigenvalue weighted by atomic mass is 10.2. The summed E-state index contributed by atoms with van der Waals surface area (Å²) in [6, 6.07) is 4.76. The zero-order valence-corrected chi connectivity index (χ0v) is 8.29. The van der Waals surface area contributed by atoms with Crippen molar-refractivity contribution in [3.63, 3.8) is 0 Å². The number of rotatable bonds is 2. The van der Waals surface area contributed by atoms with Crippen molar-refractivity contribution in [2.75, 3.05) is 12.4 Å². The van der Waals surface area contributed by atoms with Crippen molar-refractivity contribution in [2.24, 2.45) is 0 Å². The molecule has 66 valence electrons.